The van der Waals surface area contributed by atoms with Crippen molar-refractivity contribution >= 4 is 15.7 Å². The van der Waals surface area contributed by atoms with E-state index in [4.69, 9.17) is 10.00 Å². The lowest BCUT2D eigenvalue weighted by atomic mass is 9.93. The average molecular weight is 376 g/mol. The van der Waals surface area contributed by atoms with Crippen molar-refractivity contribution in [1.29, 1.82) is 5.26 Å². The molecule has 1 aliphatic carbocycles. The Kier molecular flexibility index (Phi) is 5.82. The van der Waals surface area contributed by atoms with E-state index in [0.717, 1.165) is 25.7 Å². The summed E-state index contributed by atoms with van der Waals surface area (Å²) in [5.74, 6) is 0.597. The minimum Gasteiger partial charge on any atom is -0.484 e. The predicted molar refractivity (Wildman–Crippen MR) is 97.4 cm³/mol. The minimum atomic E-state index is -3.05. The molecule has 26 heavy (non-hydrogen) atoms. The standard InChI is InChI=1S/C19H24N2O4S/c20-12-15-6-8-18(9-7-15)25-13-19(22)21(16-4-2-1-3-5-16)17-10-11-26(23,24)14-17/h6-9,16-17H,1-5,10-11,13-14H2/t17-/m0/s1. The fourth-order valence-corrected chi connectivity index (χ4v) is 5.62. The molecule has 2 fully saturated rings. The average Bonchev–Trinajstić information content (AvgIpc) is 3.01. The van der Waals surface area contributed by atoms with Crippen LogP contribution in [0.5, 0.6) is 5.75 Å². The van der Waals surface area contributed by atoms with E-state index >= 15 is 0 Å². The smallest absolute Gasteiger partial charge is 0.261 e. The lowest BCUT2D eigenvalue weighted by Crippen LogP contribution is -2.50. The van der Waals surface area contributed by atoms with Gasteiger partial charge in [0.15, 0.2) is 16.4 Å². The first-order valence-corrected chi connectivity index (χ1v) is 11.0. The van der Waals surface area contributed by atoms with Crippen molar-refractivity contribution in [2.45, 2.75) is 50.6 Å². The summed E-state index contributed by atoms with van der Waals surface area (Å²) in [6, 6.07) is 8.52. The summed E-state index contributed by atoms with van der Waals surface area (Å²) in [7, 11) is -3.05. The number of sulfone groups is 1. The first-order valence-electron chi connectivity index (χ1n) is 9.13. The second kappa shape index (κ2) is 8.09. The number of ether oxygens (including phenoxy) is 1. The van der Waals surface area contributed by atoms with Crippen LogP contribution in [0.2, 0.25) is 0 Å². The summed E-state index contributed by atoms with van der Waals surface area (Å²) in [6.07, 6.45) is 5.69. The van der Waals surface area contributed by atoms with E-state index in [1.807, 2.05) is 6.07 Å². The summed E-state index contributed by atoms with van der Waals surface area (Å²) in [6.45, 7) is -0.112. The van der Waals surface area contributed by atoms with Gasteiger partial charge in [-0.3, -0.25) is 4.79 Å². The normalized spacial score (nSPS) is 22.5. The molecule has 1 heterocycles. The van der Waals surface area contributed by atoms with Gasteiger partial charge in [-0.2, -0.15) is 5.26 Å². The van der Waals surface area contributed by atoms with Crippen LogP contribution in [-0.4, -0.2) is 49.4 Å². The van der Waals surface area contributed by atoms with Gasteiger partial charge in [0.2, 0.25) is 0 Å². The van der Waals surface area contributed by atoms with Gasteiger partial charge in [0.1, 0.15) is 5.75 Å². The fourth-order valence-electron chi connectivity index (χ4n) is 3.90. The van der Waals surface area contributed by atoms with Gasteiger partial charge in [0, 0.05) is 12.1 Å². The summed E-state index contributed by atoms with van der Waals surface area (Å²) in [4.78, 5) is 14.7. The lowest BCUT2D eigenvalue weighted by molar-refractivity contribution is -0.138. The van der Waals surface area contributed by atoms with Crippen LogP contribution >= 0.6 is 0 Å². The SMILES string of the molecule is N#Cc1ccc(OCC(=O)N(C2CCCCC2)[C@H]2CCS(=O)(=O)C2)cc1. The zero-order valence-electron chi connectivity index (χ0n) is 14.8. The van der Waals surface area contributed by atoms with Gasteiger partial charge in [-0.25, -0.2) is 8.42 Å². The zero-order valence-corrected chi connectivity index (χ0v) is 15.6. The third-order valence-corrected chi connectivity index (χ3v) is 6.95. The number of hydrogen-bond donors (Lipinski definition) is 0. The quantitative estimate of drug-likeness (QED) is 0.787. The molecule has 1 saturated carbocycles. The maximum atomic E-state index is 12.9. The van der Waals surface area contributed by atoms with Gasteiger partial charge < -0.3 is 9.64 Å². The second-order valence-corrected chi connectivity index (χ2v) is 9.30. The fraction of sp³-hybridized carbons (Fsp3) is 0.579. The first-order chi connectivity index (χ1) is 12.5. The number of nitriles is 1. The molecule has 1 aliphatic heterocycles. The van der Waals surface area contributed by atoms with Gasteiger partial charge in [0.05, 0.1) is 23.1 Å². The molecule has 1 saturated heterocycles. The van der Waals surface area contributed by atoms with Crippen molar-refractivity contribution in [3.63, 3.8) is 0 Å². The van der Waals surface area contributed by atoms with Crippen LogP contribution in [0.3, 0.4) is 0 Å². The summed E-state index contributed by atoms with van der Waals surface area (Å²) < 4.78 is 29.4. The van der Waals surface area contributed by atoms with E-state index < -0.39 is 9.84 Å². The monoisotopic (exact) mass is 376 g/mol. The number of rotatable bonds is 5. The predicted octanol–water partition coefficient (Wildman–Crippen LogP) is 2.29. The zero-order chi connectivity index (χ0) is 18.6. The number of benzene rings is 1. The topological polar surface area (TPSA) is 87.5 Å². The lowest BCUT2D eigenvalue weighted by Gasteiger charge is -2.38. The molecule has 0 unspecified atom stereocenters. The minimum absolute atomic E-state index is 0.0616. The van der Waals surface area contributed by atoms with Gasteiger partial charge >= 0.3 is 0 Å². The summed E-state index contributed by atoms with van der Waals surface area (Å²) in [5.41, 5.74) is 0.531. The molecule has 140 valence electrons. The van der Waals surface area contributed by atoms with Gasteiger partial charge in [-0.15, -0.1) is 0 Å². The van der Waals surface area contributed by atoms with Crippen molar-refractivity contribution in [3.8, 4) is 11.8 Å². The van der Waals surface area contributed by atoms with Crippen LogP contribution in [0.4, 0.5) is 0 Å². The first kappa shape index (κ1) is 18.7. The Labute approximate surface area is 154 Å². The van der Waals surface area contributed by atoms with Gasteiger partial charge in [0.25, 0.3) is 5.91 Å². The summed E-state index contributed by atoms with van der Waals surface area (Å²) in [5, 5.41) is 8.83. The number of hydrogen-bond acceptors (Lipinski definition) is 5. The Morgan fingerprint density at radius 1 is 1.12 bits per heavy atom. The van der Waals surface area contributed by atoms with Gasteiger partial charge in [-0.1, -0.05) is 19.3 Å². The van der Waals surface area contributed by atoms with E-state index in [1.165, 1.54) is 6.42 Å². The van der Waals surface area contributed by atoms with Crippen LogP contribution in [0.1, 0.15) is 44.1 Å². The summed E-state index contributed by atoms with van der Waals surface area (Å²) >= 11 is 0. The molecule has 0 N–H and O–H groups in total. The van der Waals surface area contributed by atoms with E-state index in [1.54, 1.807) is 29.2 Å². The molecule has 1 aromatic rings. The van der Waals surface area contributed by atoms with Crippen molar-refractivity contribution in [2.24, 2.45) is 0 Å². The molecule has 0 radical (unpaired) electrons. The highest BCUT2D eigenvalue weighted by molar-refractivity contribution is 7.91. The maximum Gasteiger partial charge on any atom is 0.261 e. The number of amides is 1. The highest BCUT2D eigenvalue weighted by atomic mass is 32.2. The molecule has 2 aliphatic rings. The number of nitrogens with zero attached hydrogens (tertiary/aromatic N) is 2. The molecule has 6 nitrogen and oxygen atoms in total. The van der Waals surface area contributed by atoms with Crippen LogP contribution in [0.15, 0.2) is 24.3 Å². The highest BCUT2D eigenvalue weighted by Crippen LogP contribution is 2.28. The Balaban J connectivity index is 1.68. The van der Waals surface area contributed by atoms with Crippen molar-refractivity contribution in [1.82, 2.24) is 4.90 Å². The second-order valence-electron chi connectivity index (χ2n) is 7.07. The number of carbonyl (C=O) groups excluding carboxylic acids is 1. The maximum absolute atomic E-state index is 12.9. The molecule has 7 heteroatoms. The molecular weight excluding hydrogens is 352 g/mol. The molecule has 0 spiro atoms. The Morgan fingerprint density at radius 2 is 1.81 bits per heavy atom. The van der Waals surface area contributed by atoms with Crippen molar-refractivity contribution in [2.75, 3.05) is 18.1 Å². The molecule has 0 bridgehead atoms. The van der Waals surface area contributed by atoms with E-state index in [-0.39, 0.29) is 36.1 Å². The Bertz CT molecular complexity index is 777. The van der Waals surface area contributed by atoms with Crippen LogP contribution in [-0.2, 0) is 14.6 Å². The highest BCUT2D eigenvalue weighted by Gasteiger charge is 2.38. The number of carbonyl (C=O) groups is 1. The van der Waals surface area contributed by atoms with E-state index in [2.05, 4.69) is 0 Å². The third-order valence-electron chi connectivity index (χ3n) is 5.20. The van der Waals surface area contributed by atoms with Crippen molar-refractivity contribution in [3.05, 3.63) is 29.8 Å². The molecule has 1 atom stereocenters. The molecule has 0 aromatic heterocycles. The molecule has 1 amide bonds. The van der Waals surface area contributed by atoms with Crippen molar-refractivity contribution < 1.29 is 17.9 Å². The Hall–Kier alpha value is -2.07. The largest absolute Gasteiger partial charge is 0.484 e. The van der Waals surface area contributed by atoms with Crippen LogP contribution in [0.25, 0.3) is 0 Å². The van der Waals surface area contributed by atoms with Crippen LogP contribution in [0, 0.1) is 11.3 Å². The van der Waals surface area contributed by atoms with Crippen LogP contribution < -0.4 is 4.74 Å². The van der Waals surface area contributed by atoms with E-state index in [9.17, 15) is 13.2 Å². The third kappa shape index (κ3) is 4.55. The molecule has 1 aromatic carbocycles. The Morgan fingerprint density at radius 3 is 2.38 bits per heavy atom. The van der Waals surface area contributed by atoms with E-state index in [0.29, 0.717) is 17.7 Å². The van der Waals surface area contributed by atoms with Gasteiger partial charge in [-0.05, 0) is 43.5 Å². The molecule has 3 rings (SSSR count). The molecular formula is C19H24N2O4S.